The molecule has 2 atom stereocenters. The van der Waals surface area contributed by atoms with E-state index in [1.165, 1.54) is 0 Å². The average molecular weight is 265 g/mol. The van der Waals surface area contributed by atoms with E-state index in [1.54, 1.807) is 30.5 Å². The fourth-order valence-electron chi connectivity index (χ4n) is 2.78. The van der Waals surface area contributed by atoms with E-state index in [0.717, 1.165) is 5.69 Å². The van der Waals surface area contributed by atoms with Gasteiger partial charge < -0.3 is 10.0 Å². The zero-order valence-corrected chi connectivity index (χ0v) is 11.7. The van der Waals surface area contributed by atoms with Crippen LogP contribution in [0.1, 0.15) is 35.1 Å². The Hall–Kier alpha value is -1.85. The van der Waals surface area contributed by atoms with E-state index in [0.29, 0.717) is 24.2 Å². The van der Waals surface area contributed by atoms with E-state index < -0.39 is 11.9 Å². The van der Waals surface area contributed by atoms with Gasteiger partial charge in [-0.1, -0.05) is 0 Å². The van der Waals surface area contributed by atoms with Crippen LogP contribution in [0.5, 0.6) is 0 Å². The van der Waals surface area contributed by atoms with E-state index in [-0.39, 0.29) is 11.9 Å². The first-order valence-electron chi connectivity index (χ1n) is 6.38. The Morgan fingerprint density at radius 2 is 2.00 bits per heavy atom. The molecule has 6 heteroatoms. The van der Waals surface area contributed by atoms with E-state index in [1.807, 2.05) is 6.92 Å². The third kappa shape index (κ3) is 2.11. The van der Waals surface area contributed by atoms with Crippen LogP contribution in [-0.4, -0.2) is 44.3 Å². The zero-order valence-electron chi connectivity index (χ0n) is 11.7. The Morgan fingerprint density at radius 3 is 2.42 bits per heavy atom. The van der Waals surface area contributed by atoms with Gasteiger partial charge in [0.05, 0.1) is 17.2 Å². The van der Waals surface area contributed by atoms with Gasteiger partial charge in [-0.05, 0) is 27.2 Å². The minimum atomic E-state index is -0.831. The highest BCUT2D eigenvalue weighted by atomic mass is 16.4. The molecule has 104 valence electrons. The number of likely N-dealkylation sites (tertiary alicyclic amines) is 1. The molecule has 0 aliphatic carbocycles. The van der Waals surface area contributed by atoms with Crippen molar-refractivity contribution in [3.8, 4) is 0 Å². The summed E-state index contributed by atoms with van der Waals surface area (Å²) in [6.07, 6.45) is 0.514. The molecule has 1 aromatic heterocycles. The van der Waals surface area contributed by atoms with Crippen LogP contribution in [-0.2, 0) is 11.8 Å². The predicted octanol–water partition coefficient (Wildman–Crippen LogP) is 0.972. The van der Waals surface area contributed by atoms with Gasteiger partial charge in [0, 0.05) is 25.3 Å². The molecule has 0 radical (unpaired) electrons. The van der Waals surface area contributed by atoms with Gasteiger partial charge >= 0.3 is 5.97 Å². The molecule has 1 saturated heterocycles. The third-order valence-electron chi connectivity index (χ3n) is 4.06. The molecule has 0 spiro atoms. The van der Waals surface area contributed by atoms with Crippen molar-refractivity contribution >= 4 is 11.9 Å². The number of carbonyl (C=O) groups is 2. The summed E-state index contributed by atoms with van der Waals surface area (Å²) >= 11 is 0. The molecule has 1 amide bonds. The Bertz CT molecular complexity index is 535. The first kappa shape index (κ1) is 13.6. The van der Waals surface area contributed by atoms with Crippen LogP contribution in [0.4, 0.5) is 0 Å². The molecule has 1 aromatic rings. The number of aromatic nitrogens is 2. The standard InChI is InChI=1S/C13H19N3O3/c1-7-11(9(3)15(4)14-7)12(17)16-6-5-10(8(16)2)13(18)19/h8,10H,5-6H2,1-4H3,(H,18,19). The summed E-state index contributed by atoms with van der Waals surface area (Å²) in [6, 6.07) is -0.274. The molecule has 2 rings (SSSR count). The molecule has 2 heterocycles. The van der Waals surface area contributed by atoms with Gasteiger partial charge in [-0.2, -0.15) is 5.10 Å². The number of amides is 1. The summed E-state index contributed by atoms with van der Waals surface area (Å²) in [5.74, 6) is -1.41. The van der Waals surface area contributed by atoms with Crippen molar-refractivity contribution in [1.29, 1.82) is 0 Å². The molecule has 1 N–H and O–H groups in total. The Labute approximate surface area is 112 Å². The number of rotatable bonds is 2. The number of carbonyl (C=O) groups excluding carboxylic acids is 1. The van der Waals surface area contributed by atoms with E-state index >= 15 is 0 Å². The smallest absolute Gasteiger partial charge is 0.308 e. The summed E-state index contributed by atoms with van der Waals surface area (Å²) < 4.78 is 1.68. The van der Waals surface area contributed by atoms with Crippen molar-refractivity contribution in [2.45, 2.75) is 33.2 Å². The topological polar surface area (TPSA) is 75.4 Å². The summed E-state index contributed by atoms with van der Waals surface area (Å²) in [7, 11) is 1.80. The number of carboxylic acid groups (broad SMARTS) is 1. The number of hydrogen-bond donors (Lipinski definition) is 1. The number of carboxylic acids is 1. The highest BCUT2D eigenvalue weighted by Gasteiger charge is 2.39. The lowest BCUT2D eigenvalue weighted by molar-refractivity contribution is -0.142. The van der Waals surface area contributed by atoms with Crippen molar-refractivity contribution in [3.63, 3.8) is 0 Å². The number of hydrogen-bond acceptors (Lipinski definition) is 3. The molecule has 1 aliphatic rings. The Morgan fingerprint density at radius 1 is 1.37 bits per heavy atom. The van der Waals surface area contributed by atoms with Crippen LogP contribution >= 0.6 is 0 Å². The largest absolute Gasteiger partial charge is 0.481 e. The maximum Gasteiger partial charge on any atom is 0.308 e. The van der Waals surface area contributed by atoms with Crippen molar-refractivity contribution in [1.82, 2.24) is 14.7 Å². The van der Waals surface area contributed by atoms with Gasteiger partial charge in [0.15, 0.2) is 0 Å². The van der Waals surface area contributed by atoms with Crippen LogP contribution in [0.15, 0.2) is 0 Å². The Balaban J connectivity index is 2.28. The second-order valence-electron chi connectivity index (χ2n) is 5.14. The molecule has 0 aromatic carbocycles. The van der Waals surface area contributed by atoms with Gasteiger partial charge in [0.1, 0.15) is 0 Å². The lowest BCUT2D eigenvalue weighted by Gasteiger charge is -2.23. The van der Waals surface area contributed by atoms with E-state index in [4.69, 9.17) is 5.11 Å². The van der Waals surface area contributed by atoms with Gasteiger partial charge in [0.25, 0.3) is 5.91 Å². The highest BCUT2D eigenvalue weighted by Crippen LogP contribution is 2.27. The van der Waals surface area contributed by atoms with Crippen LogP contribution in [0.3, 0.4) is 0 Å². The molecular weight excluding hydrogens is 246 g/mol. The lowest BCUT2D eigenvalue weighted by atomic mass is 10.0. The minimum Gasteiger partial charge on any atom is -0.481 e. The summed E-state index contributed by atoms with van der Waals surface area (Å²) in [4.78, 5) is 25.3. The molecular formula is C13H19N3O3. The van der Waals surface area contributed by atoms with Crippen molar-refractivity contribution in [2.24, 2.45) is 13.0 Å². The van der Waals surface area contributed by atoms with Gasteiger partial charge in [-0.3, -0.25) is 14.3 Å². The maximum atomic E-state index is 12.6. The normalized spacial score (nSPS) is 22.8. The minimum absolute atomic E-state index is 0.112. The molecule has 0 bridgehead atoms. The molecule has 2 unspecified atom stereocenters. The Kier molecular flexibility index (Phi) is 3.34. The summed E-state index contributed by atoms with van der Waals surface area (Å²) in [5, 5.41) is 13.3. The monoisotopic (exact) mass is 265 g/mol. The molecule has 19 heavy (non-hydrogen) atoms. The third-order valence-corrected chi connectivity index (χ3v) is 4.06. The highest BCUT2D eigenvalue weighted by molar-refractivity contribution is 5.97. The fraction of sp³-hybridized carbons (Fsp3) is 0.615. The summed E-state index contributed by atoms with van der Waals surface area (Å²) in [5.41, 5.74) is 2.10. The second-order valence-corrected chi connectivity index (χ2v) is 5.14. The molecule has 1 aliphatic heterocycles. The lowest BCUT2D eigenvalue weighted by Crippen LogP contribution is -2.38. The average Bonchev–Trinajstić information content (AvgIpc) is 2.80. The maximum absolute atomic E-state index is 12.6. The van der Waals surface area contributed by atoms with Crippen LogP contribution in [0, 0.1) is 19.8 Å². The fourth-order valence-corrected chi connectivity index (χ4v) is 2.78. The van der Waals surface area contributed by atoms with E-state index in [2.05, 4.69) is 5.10 Å². The van der Waals surface area contributed by atoms with Crippen LogP contribution in [0.2, 0.25) is 0 Å². The van der Waals surface area contributed by atoms with Crippen molar-refractivity contribution < 1.29 is 14.7 Å². The van der Waals surface area contributed by atoms with Gasteiger partial charge in [-0.25, -0.2) is 0 Å². The van der Waals surface area contributed by atoms with E-state index in [9.17, 15) is 9.59 Å². The number of aryl methyl sites for hydroxylation is 2. The van der Waals surface area contributed by atoms with Crippen molar-refractivity contribution in [3.05, 3.63) is 17.0 Å². The molecule has 0 saturated carbocycles. The van der Waals surface area contributed by atoms with Gasteiger partial charge in [0.2, 0.25) is 0 Å². The number of aliphatic carboxylic acids is 1. The van der Waals surface area contributed by atoms with Gasteiger partial charge in [-0.15, -0.1) is 0 Å². The SMILES string of the molecule is Cc1nn(C)c(C)c1C(=O)N1CCC(C(=O)O)C1C. The first-order valence-corrected chi connectivity index (χ1v) is 6.38. The summed E-state index contributed by atoms with van der Waals surface area (Å²) in [6.45, 7) is 5.94. The van der Waals surface area contributed by atoms with Crippen molar-refractivity contribution in [2.75, 3.05) is 6.54 Å². The molecule has 1 fully saturated rings. The zero-order chi connectivity index (χ0) is 14.3. The quantitative estimate of drug-likeness (QED) is 0.864. The van der Waals surface area contributed by atoms with Crippen LogP contribution < -0.4 is 0 Å². The number of nitrogens with zero attached hydrogens (tertiary/aromatic N) is 3. The second kappa shape index (κ2) is 4.68. The first-order chi connectivity index (χ1) is 8.84. The predicted molar refractivity (Wildman–Crippen MR) is 68.9 cm³/mol. The van der Waals surface area contributed by atoms with Crippen LogP contribution in [0.25, 0.3) is 0 Å². The molecule has 6 nitrogen and oxygen atoms in total.